The summed E-state index contributed by atoms with van der Waals surface area (Å²) in [5, 5.41) is 8.93. The van der Waals surface area contributed by atoms with E-state index < -0.39 is 0 Å². The first-order chi connectivity index (χ1) is 11.7. The lowest BCUT2D eigenvalue weighted by Crippen LogP contribution is -2.31. The molecular weight excluding hydrogens is 298 g/mol. The van der Waals surface area contributed by atoms with Crippen LogP contribution >= 0.6 is 0 Å². The monoisotopic (exact) mass is 321 g/mol. The van der Waals surface area contributed by atoms with Crippen molar-refractivity contribution in [3.8, 4) is 11.1 Å². The number of hydrogen-bond acceptors (Lipinski definition) is 4. The van der Waals surface area contributed by atoms with Gasteiger partial charge in [-0.15, -0.1) is 0 Å². The molecule has 0 amide bonds. The van der Waals surface area contributed by atoms with E-state index in [4.69, 9.17) is 4.98 Å². The summed E-state index contributed by atoms with van der Waals surface area (Å²) in [6, 6.07) is 11.0. The minimum atomic E-state index is 0.463. The van der Waals surface area contributed by atoms with E-state index in [1.165, 1.54) is 5.56 Å². The van der Waals surface area contributed by atoms with Crippen molar-refractivity contribution in [3.63, 3.8) is 0 Å². The summed E-state index contributed by atoms with van der Waals surface area (Å²) in [7, 11) is 4.12. The molecule has 124 valence electrons. The number of fused-ring (bicyclic) bond motifs is 1. The van der Waals surface area contributed by atoms with Gasteiger partial charge in [-0.3, -0.25) is 0 Å². The quantitative estimate of drug-likeness (QED) is 0.803. The van der Waals surface area contributed by atoms with Crippen LogP contribution in [0.1, 0.15) is 18.9 Å². The predicted molar refractivity (Wildman–Crippen MR) is 98.3 cm³/mol. The fraction of sp³-hybridized carbons (Fsp3) is 0.368. The van der Waals surface area contributed by atoms with Crippen LogP contribution < -0.4 is 5.32 Å². The van der Waals surface area contributed by atoms with Gasteiger partial charge in [0.1, 0.15) is 0 Å². The third-order valence-corrected chi connectivity index (χ3v) is 4.95. The lowest BCUT2D eigenvalue weighted by atomic mass is 10.1. The minimum Gasteiger partial charge on any atom is -0.388 e. The van der Waals surface area contributed by atoms with E-state index in [1.54, 1.807) is 0 Å². The molecule has 0 saturated carbocycles. The molecule has 1 aliphatic heterocycles. The maximum Gasteiger partial charge on any atom is 0.158 e. The Morgan fingerprint density at radius 2 is 1.92 bits per heavy atom. The lowest BCUT2D eigenvalue weighted by Gasteiger charge is -2.29. The molecular formula is C19H23N5. The van der Waals surface area contributed by atoms with Gasteiger partial charge in [0, 0.05) is 29.9 Å². The second kappa shape index (κ2) is 6.24. The molecule has 0 unspecified atom stereocenters. The van der Waals surface area contributed by atoms with Gasteiger partial charge in [-0.05, 0) is 56.7 Å². The number of aromatic nitrogens is 3. The molecule has 5 nitrogen and oxygen atoms in total. The van der Waals surface area contributed by atoms with E-state index in [1.807, 2.05) is 19.4 Å². The molecule has 3 aromatic rings. The van der Waals surface area contributed by atoms with Crippen molar-refractivity contribution in [2.24, 2.45) is 0 Å². The van der Waals surface area contributed by atoms with Gasteiger partial charge in [0.25, 0.3) is 0 Å². The van der Waals surface area contributed by atoms with Crippen LogP contribution in [0.3, 0.4) is 0 Å². The zero-order chi connectivity index (χ0) is 16.5. The van der Waals surface area contributed by atoms with Crippen LogP contribution in [0, 0.1) is 0 Å². The maximum absolute atomic E-state index is 4.73. The average Bonchev–Trinajstić information content (AvgIpc) is 3.05. The molecule has 1 aliphatic rings. The van der Waals surface area contributed by atoms with Crippen LogP contribution in [-0.4, -0.2) is 46.8 Å². The number of anilines is 1. The summed E-state index contributed by atoms with van der Waals surface area (Å²) in [5.74, 6) is 0. The number of likely N-dealkylation sites (tertiary alicyclic amines) is 1. The molecule has 1 fully saturated rings. The van der Waals surface area contributed by atoms with Crippen LogP contribution in [0.25, 0.3) is 22.2 Å². The number of nitrogens with one attached hydrogen (secondary N) is 1. The molecule has 4 rings (SSSR count). The molecule has 1 saturated heterocycles. The smallest absolute Gasteiger partial charge is 0.158 e. The first-order valence-corrected chi connectivity index (χ1v) is 8.54. The number of nitrogens with zero attached hydrogens (tertiary/aromatic N) is 4. The highest BCUT2D eigenvalue weighted by molar-refractivity contribution is 5.81. The Balaban J connectivity index is 1.67. The number of benzene rings is 1. The Morgan fingerprint density at radius 3 is 2.71 bits per heavy atom. The van der Waals surface area contributed by atoms with Crippen LogP contribution in [0.5, 0.6) is 0 Å². The molecule has 2 aromatic heterocycles. The number of hydrogen-bond donors (Lipinski definition) is 1. The Morgan fingerprint density at radius 1 is 1.08 bits per heavy atom. The largest absolute Gasteiger partial charge is 0.388 e. The Labute approximate surface area is 142 Å². The van der Waals surface area contributed by atoms with Crippen LogP contribution in [0.2, 0.25) is 0 Å². The lowest BCUT2D eigenvalue weighted by molar-refractivity contribution is 0.215. The third kappa shape index (κ3) is 2.76. The molecule has 0 aliphatic carbocycles. The average molecular weight is 321 g/mol. The van der Waals surface area contributed by atoms with E-state index in [0.717, 1.165) is 48.2 Å². The highest BCUT2D eigenvalue weighted by Crippen LogP contribution is 2.28. The first-order valence-electron chi connectivity index (χ1n) is 8.54. The van der Waals surface area contributed by atoms with E-state index in [-0.39, 0.29) is 0 Å². The number of rotatable bonds is 3. The predicted octanol–water partition coefficient (Wildman–Crippen LogP) is 3.41. The molecule has 3 heterocycles. The van der Waals surface area contributed by atoms with Gasteiger partial charge in [0.05, 0.1) is 12.2 Å². The molecule has 0 atom stereocenters. The van der Waals surface area contributed by atoms with Crippen molar-refractivity contribution in [3.05, 3.63) is 42.7 Å². The van der Waals surface area contributed by atoms with Crippen molar-refractivity contribution < 1.29 is 0 Å². The van der Waals surface area contributed by atoms with Crippen LogP contribution in [0.4, 0.5) is 5.69 Å². The summed E-state index contributed by atoms with van der Waals surface area (Å²) in [5.41, 5.74) is 4.40. The number of pyridine rings is 1. The first kappa shape index (κ1) is 15.1. The zero-order valence-electron chi connectivity index (χ0n) is 14.2. The summed E-state index contributed by atoms with van der Waals surface area (Å²) in [4.78, 5) is 7.11. The number of piperidine rings is 1. The fourth-order valence-electron chi connectivity index (χ4n) is 3.46. The van der Waals surface area contributed by atoms with Crippen molar-refractivity contribution in [1.82, 2.24) is 19.7 Å². The van der Waals surface area contributed by atoms with Gasteiger partial charge < -0.3 is 10.2 Å². The van der Waals surface area contributed by atoms with Gasteiger partial charge in [-0.1, -0.05) is 12.1 Å². The third-order valence-electron chi connectivity index (χ3n) is 4.95. The highest BCUT2D eigenvalue weighted by Gasteiger charge is 2.21. The van der Waals surface area contributed by atoms with Gasteiger partial charge in [-0.25, -0.2) is 9.67 Å². The Bertz CT molecular complexity index is 846. The van der Waals surface area contributed by atoms with Crippen molar-refractivity contribution in [1.29, 1.82) is 0 Å². The maximum atomic E-state index is 4.73. The summed E-state index contributed by atoms with van der Waals surface area (Å²) in [6.45, 7) is 2.25. The zero-order valence-corrected chi connectivity index (χ0v) is 14.2. The van der Waals surface area contributed by atoms with Crippen LogP contribution in [-0.2, 0) is 0 Å². The molecule has 5 heteroatoms. The van der Waals surface area contributed by atoms with E-state index in [0.29, 0.717) is 6.04 Å². The summed E-state index contributed by atoms with van der Waals surface area (Å²) in [6.07, 6.45) is 6.19. The van der Waals surface area contributed by atoms with Crippen molar-refractivity contribution in [2.45, 2.75) is 18.9 Å². The van der Waals surface area contributed by atoms with Gasteiger partial charge >= 0.3 is 0 Å². The van der Waals surface area contributed by atoms with Gasteiger partial charge in [0.2, 0.25) is 0 Å². The van der Waals surface area contributed by atoms with Crippen LogP contribution in [0.15, 0.2) is 42.7 Å². The van der Waals surface area contributed by atoms with Crippen molar-refractivity contribution in [2.75, 3.05) is 32.5 Å². The Kier molecular flexibility index (Phi) is 3.94. The molecule has 24 heavy (non-hydrogen) atoms. The molecule has 0 spiro atoms. The standard InChI is InChI=1S/C19H23N5/c1-20-17-5-3-4-14(11-17)15-10-16-13-22-24(19(16)21-12-15)18-6-8-23(2)9-7-18/h3-5,10-13,18,20H,6-9H2,1-2H3. The van der Waals surface area contributed by atoms with E-state index in [2.05, 4.69) is 57.4 Å². The normalized spacial score (nSPS) is 16.6. The second-order valence-corrected chi connectivity index (χ2v) is 6.59. The summed E-state index contributed by atoms with van der Waals surface area (Å²) < 4.78 is 2.12. The molecule has 1 N–H and O–H groups in total. The second-order valence-electron chi connectivity index (χ2n) is 6.59. The highest BCUT2D eigenvalue weighted by atomic mass is 15.3. The molecule has 0 bridgehead atoms. The van der Waals surface area contributed by atoms with Gasteiger partial charge in [0.15, 0.2) is 5.65 Å². The summed E-state index contributed by atoms with van der Waals surface area (Å²) >= 11 is 0. The minimum absolute atomic E-state index is 0.463. The topological polar surface area (TPSA) is 46.0 Å². The SMILES string of the molecule is CNc1cccc(-c2cnc3c(cnn3C3CCN(C)CC3)c2)c1. The Hall–Kier alpha value is -2.40. The molecule has 0 radical (unpaired) electrons. The van der Waals surface area contributed by atoms with Gasteiger partial charge in [-0.2, -0.15) is 5.10 Å². The van der Waals surface area contributed by atoms with Crippen molar-refractivity contribution >= 4 is 16.7 Å². The molecule has 1 aromatic carbocycles. The fourth-order valence-corrected chi connectivity index (χ4v) is 3.46. The van der Waals surface area contributed by atoms with E-state index in [9.17, 15) is 0 Å². The van der Waals surface area contributed by atoms with E-state index >= 15 is 0 Å².